The van der Waals surface area contributed by atoms with Gasteiger partial charge in [-0.05, 0) is 44.4 Å². The molecule has 5 heteroatoms. The lowest BCUT2D eigenvalue weighted by Crippen LogP contribution is -2.44. The van der Waals surface area contributed by atoms with Crippen LogP contribution in [-0.2, 0) is 4.79 Å². The number of carbonyl (C=O) groups excluding carboxylic acids is 1. The van der Waals surface area contributed by atoms with Crippen LogP contribution < -0.4 is 5.32 Å². The molecule has 0 aromatic carbocycles. The molecule has 2 fully saturated rings. The summed E-state index contributed by atoms with van der Waals surface area (Å²) in [4.78, 5) is 10.8. The Bertz CT molecular complexity index is 435. The fourth-order valence-corrected chi connectivity index (χ4v) is 3.76. The third-order valence-electron chi connectivity index (χ3n) is 4.59. The van der Waals surface area contributed by atoms with Crippen molar-refractivity contribution in [2.24, 2.45) is 5.41 Å². The molecule has 2 rings (SSSR count). The second-order valence-electron chi connectivity index (χ2n) is 5.78. The van der Waals surface area contributed by atoms with E-state index in [4.69, 9.17) is 11.6 Å². The molecular weight excluding hydrogens is 272 g/mol. The summed E-state index contributed by atoms with van der Waals surface area (Å²) < 4.78 is 28.2. The van der Waals surface area contributed by atoms with Crippen molar-refractivity contribution in [3.05, 3.63) is 23.0 Å². The van der Waals surface area contributed by atoms with Crippen LogP contribution in [0.5, 0.6) is 0 Å². The van der Waals surface area contributed by atoms with Gasteiger partial charge in [0.05, 0.1) is 11.1 Å². The smallest absolute Gasteiger partial charge is 0.207 e. The number of fused-ring (bicyclic) bond motifs is 2. The maximum absolute atomic E-state index is 14.3. The Labute approximate surface area is 116 Å². The third-order valence-corrected chi connectivity index (χ3v) is 4.76. The predicted octanol–water partition coefficient (Wildman–Crippen LogP) is 3.77. The first-order chi connectivity index (χ1) is 8.83. The highest BCUT2D eigenvalue weighted by Gasteiger charge is 2.58. The molecule has 2 nitrogen and oxygen atoms in total. The van der Waals surface area contributed by atoms with E-state index in [1.54, 1.807) is 0 Å². The van der Waals surface area contributed by atoms with Crippen LogP contribution in [0.25, 0.3) is 0 Å². The molecule has 0 aliphatic heterocycles. The van der Waals surface area contributed by atoms with Gasteiger partial charge in [-0.2, -0.15) is 0 Å². The standard InChI is InChI=1S/C14H18ClF2NO/c1-9(11(16)10(2)15)12(18-8-19)13-3-5-14(17,7-13)6-4-13/h8,12H,1,3-7H2,2H3,(H,18,19)/b11-10-/t12-,13?,14?/m1/s1. The van der Waals surface area contributed by atoms with Gasteiger partial charge < -0.3 is 5.32 Å². The predicted molar refractivity (Wildman–Crippen MR) is 71.1 cm³/mol. The van der Waals surface area contributed by atoms with Gasteiger partial charge in [-0.15, -0.1) is 0 Å². The molecule has 2 aliphatic rings. The van der Waals surface area contributed by atoms with E-state index in [0.29, 0.717) is 38.5 Å². The summed E-state index contributed by atoms with van der Waals surface area (Å²) in [5, 5.41) is 2.62. The van der Waals surface area contributed by atoms with E-state index in [1.807, 2.05) is 0 Å². The highest BCUT2D eigenvalue weighted by atomic mass is 35.5. The van der Waals surface area contributed by atoms with E-state index in [1.165, 1.54) is 6.92 Å². The van der Waals surface area contributed by atoms with Crippen LogP contribution in [0.15, 0.2) is 23.0 Å². The van der Waals surface area contributed by atoms with Crippen molar-refractivity contribution < 1.29 is 13.6 Å². The number of halogens is 3. The number of alkyl halides is 1. The monoisotopic (exact) mass is 289 g/mol. The number of allylic oxidation sites excluding steroid dienone is 1. The van der Waals surface area contributed by atoms with E-state index in [-0.39, 0.29) is 10.6 Å². The summed E-state index contributed by atoms with van der Waals surface area (Å²) >= 11 is 5.65. The van der Waals surface area contributed by atoms with Gasteiger partial charge in [0.2, 0.25) is 6.41 Å². The largest absolute Gasteiger partial charge is 0.351 e. The molecule has 0 aromatic rings. The first kappa shape index (κ1) is 14.5. The van der Waals surface area contributed by atoms with Gasteiger partial charge in [0, 0.05) is 5.57 Å². The lowest BCUT2D eigenvalue weighted by Gasteiger charge is -2.36. The van der Waals surface area contributed by atoms with Crippen molar-refractivity contribution in [1.29, 1.82) is 0 Å². The van der Waals surface area contributed by atoms with Gasteiger partial charge in [-0.1, -0.05) is 18.2 Å². The Morgan fingerprint density at radius 2 is 2.00 bits per heavy atom. The van der Waals surface area contributed by atoms with Gasteiger partial charge >= 0.3 is 0 Å². The van der Waals surface area contributed by atoms with Crippen molar-refractivity contribution >= 4 is 18.0 Å². The molecule has 1 atom stereocenters. The van der Waals surface area contributed by atoms with Gasteiger partial charge in [-0.3, -0.25) is 4.79 Å². The zero-order chi connectivity index (χ0) is 14.3. The summed E-state index contributed by atoms with van der Waals surface area (Å²) in [7, 11) is 0. The molecule has 0 saturated heterocycles. The maximum Gasteiger partial charge on any atom is 0.207 e. The lowest BCUT2D eigenvalue weighted by atomic mass is 9.74. The second-order valence-corrected chi connectivity index (χ2v) is 6.35. The van der Waals surface area contributed by atoms with Crippen LogP contribution in [0.4, 0.5) is 8.78 Å². The van der Waals surface area contributed by atoms with Gasteiger partial charge in [0.15, 0.2) is 0 Å². The molecule has 19 heavy (non-hydrogen) atoms. The fraction of sp³-hybridized carbons (Fsp3) is 0.643. The van der Waals surface area contributed by atoms with Gasteiger partial charge in [0.25, 0.3) is 0 Å². The number of carbonyl (C=O) groups is 1. The number of nitrogens with one attached hydrogen (secondary N) is 1. The first-order valence-electron chi connectivity index (χ1n) is 6.43. The van der Waals surface area contributed by atoms with Crippen LogP contribution >= 0.6 is 11.6 Å². The van der Waals surface area contributed by atoms with E-state index in [0.717, 1.165) is 0 Å². The van der Waals surface area contributed by atoms with Crippen molar-refractivity contribution in [3.8, 4) is 0 Å². The quantitative estimate of drug-likeness (QED) is 0.606. The van der Waals surface area contributed by atoms with E-state index in [2.05, 4.69) is 11.9 Å². The number of rotatable bonds is 5. The van der Waals surface area contributed by atoms with E-state index in [9.17, 15) is 13.6 Å². The number of amides is 1. The fourth-order valence-electron chi connectivity index (χ4n) is 3.63. The normalized spacial score (nSPS) is 35.8. The van der Waals surface area contributed by atoms with Gasteiger partial charge in [-0.25, -0.2) is 8.78 Å². The molecule has 2 aliphatic carbocycles. The summed E-state index contributed by atoms with van der Waals surface area (Å²) in [6.45, 7) is 5.14. The maximum atomic E-state index is 14.3. The van der Waals surface area contributed by atoms with Crippen molar-refractivity contribution in [2.45, 2.75) is 50.7 Å². The summed E-state index contributed by atoms with van der Waals surface area (Å²) in [6.07, 6.45) is 3.12. The number of hydrogen-bond donors (Lipinski definition) is 1. The van der Waals surface area contributed by atoms with Crippen LogP contribution in [0, 0.1) is 5.41 Å². The molecule has 1 N–H and O–H groups in total. The SMILES string of the molecule is C=C(/C(F)=C(\C)Cl)[C@@H](NC=O)C12CCC(F)(CC1)C2. The minimum absolute atomic E-state index is 0.00149. The Morgan fingerprint density at radius 1 is 1.42 bits per heavy atom. The van der Waals surface area contributed by atoms with Crippen molar-refractivity contribution in [1.82, 2.24) is 5.32 Å². The van der Waals surface area contributed by atoms with Crippen LogP contribution in [0.1, 0.15) is 39.0 Å². The minimum Gasteiger partial charge on any atom is -0.351 e. The summed E-state index contributed by atoms with van der Waals surface area (Å²) in [5.41, 5.74) is -1.43. The lowest BCUT2D eigenvalue weighted by molar-refractivity contribution is -0.110. The molecule has 2 bridgehead atoms. The van der Waals surface area contributed by atoms with Crippen molar-refractivity contribution in [3.63, 3.8) is 0 Å². The Morgan fingerprint density at radius 3 is 2.37 bits per heavy atom. The minimum atomic E-state index is -1.15. The molecule has 0 radical (unpaired) electrons. The highest BCUT2D eigenvalue weighted by Crippen LogP contribution is 2.61. The van der Waals surface area contributed by atoms with Crippen LogP contribution in [0.3, 0.4) is 0 Å². The van der Waals surface area contributed by atoms with Gasteiger partial charge in [0.1, 0.15) is 11.5 Å². The molecule has 0 aromatic heterocycles. The highest BCUT2D eigenvalue weighted by molar-refractivity contribution is 6.29. The Hall–Kier alpha value is -0.900. The van der Waals surface area contributed by atoms with E-state index >= 15 is 0 Å². The zero-order valence-corrected chi connectivity index (χ0v) is 11.7. The average Bonchev–Trinajstić information content (AvgIpc) is 2.88. The summed E-state index contributed by atoms with van der Waals surface area (Å²) in [5.74, 6) is -0.612. The molecule has 0 unspecified atom stereocenters. The number of hydrogen-bond acceptors (Lipinski definition) is 1. The molecular formula is C14H18ClF2NO. The molecule has 0 spiro atoms. The van der Waals surface area contributed by atoms with Crippen LogP contribution in [-0.4, -0.2) is 18.1 Å². The Balaban J connectivity index is 2.29. The topological polar surface area (TPSA) is 29.1 Å². The first-order valence-corrected chi connectivity index (χ1v) is 6.81. The molecule has 2 saturated carbocycles. The average molecular weight is 290 g/mol. The van der Waals surface area contributed by atoms with Crippen molar-refractivity contribution in [2.75, 3.05) is 0 Å². The molecule has 1 amide bonds. The zero-order valence-electron chi connectivity index (χ0n) is 10.9. The second kappa shape index (κ2) is 4.89. The van der Waals surface area contributed by atoms with E-state index < -0.39 is 23.0 Å². The molecule has 106 valence electrons. The molecule has 0 heterocycles. The third kappa shape index (κ3) is 2.42. The van der Waals surface area contributed by atoms with Crippen LogP contribution in [0.2, 0.25) is 0 Å². The Kier molecular flexibility index (Phi) is 3.74. The summed E-state index contributed by atoms with van der Waals surface area (Å²) in [6, 6.07) is -0.584.